The Morgan fingerprint density at radius 1 is 1.24 bits per heavy atom. The van der Waals surface area contributed by atoms with Gasteiger partial charge >= 0.3 is 0 Å². The topological polar surface area (TPSA) is 34.1 Å². The lowest BCUT2D eigenvalue weighted by Crippen LogP contribution is -2.41. The number of rotatable bonds is 2. The van der Waals surface area contributed by atoms with Crippen molar-refractivity contribution in [2.24, 2.45) is 5.92 Å². The molecule has 90 valence electrons. The van der Waals surface area contributed by atoms with Gasteiger partial charge in [-0.1, -0.05) is 30.4 Å². The molecule has 1 aromatic rings. The van der Waals surface area contributed by atoms with Gasteiger partial charge in [-0.05, 0) is 30.9 Å². The van der Waals surface area contributed by atoms with Crippen LogP contribution < -0.4 is 0 Å². The summed E-state index contributed by atoms with van der Waals surface area (Å²) in [5.41, 5.74) is 0. The Kier molecular flexibility index (Phi) is 2.20. The molecule has 2 aliphatic rings. The number of allylic oxidation sites excluding steroid dienone is 1. The van der Waals surface area contributed by atoms with Crippen LogP contribution in [0.2, 0.25) is 0 Å². The zero-order valence-corrected chi connectivity index (χ0v) is 10.0. The van der Waals surface area contributed by atoms with Crippen LogP contribution >= 0.6 is 0 Å². The lowest BCUT2D eigenvalue weighted by Gasteiger charge is -2.26. The molecule has 0 heterocycles. The monoisotopic (exact) mass is 252 g/mol. The Morgan fingerprint density at radius 2 is 1.94 bits per heavy atom. The Labute approximate surface area is 100 Å². The summed E-state index contributed by atoms with van der Waals surface area (Å²) in [6.07, 6.45) is 2.86. The van der Waals surface area contributed by atoms with Crippen LogP contribution in [-0.2, 0) is 9.84 Å². The molecule has 0 unspecified atom stereocenters. The van der Waals surface area contributed by atoms with E-state index in [0.717, 1.165) is 0 Å². The van der Waals surface area contributed by atoms with Gasteiger partial charge in [-0.15, -0.1) is 0 Å². The second kappa shape index (κ2) is 3.42. The van der Waals surface area contributed by atoms with Gasteiger partial charge in [-0.2, -0.15) is 0 Å². The lowest BCUT2D eigenvalue weighted by molar-refractivity contribution is 0.300. The molecule has 2 nitrogen and oxygen atoms in total. The van der Waals surface area contributed by atoms with Crippen molar-refractivity contribution in [3.8, 4) is 0 Å². The fourth-order valence-corrected chi connectivity index (χ4v) is 4.97. The molecule has 0 aliphatic heterocycles. The molecule has 1 saturated carbocycles. The highest BCUT2D eigenvalue weighted by Gasteiger charge is 2.58. The maximum absolute atomic E-state index is 14.0. The minimum absolute atomic E-state index is 0.0866. The molecule has 2 bridgehead atoms. The fourth-order valence-electron chi connectivity index (χ4n) is 2.89. The molecule has 2 aliphatic carbocycles. The van der Waals surface area contributed by atoms with Crippen LogP contribution in [0.1, 0.15) is 12.8 Å². The number of alkyl halides is 1. The number of fused-ring (bicyclic) bond motifs is 2. The van der Waals surface area contributed by atoms with Gasteiger partial charge in [-0.3, -0.25) is 0 Å². The molecule has 0 radical (unpaired) electrons. The van der Waals surface area contributed by atoms with Crippen LogP contribution in [0, 0.1) is 5.92 Å². The van der Waals surface area contributed by atoms with E-state index in [1.807, 2.05) is 6.08 Å². The average Bonchev–Trinajstić information content (AvgIpc) is 2.89. The van der Waals surface area contributed by atoms with Gasteiger partial charge in [0.1, 0.15) is 10.9 Å². The summed E-state index contributed by atoms with van der Waals surface area (Å²) in [5.74, 6) is 0.0866. The summed E-state index contributed by atoms with van der Waals surface area (Å²) in [6.45, 7) is 0. The maximum atomic E-state index is 14.0. The quantitative estimate of drug-likeness (QED) is 0.758. The molecule has 0 amide bonds. The first-order valence-electron chi connectivity index (χ1n) is 5.69. The molecule has 0 N–H and O–H groups in total. The summed E-state index contributed by atoms with van der Waals surface area (Å²) < 4.78 is 37.8. The number of halogens is 1. The van der Waals surface area contributed by atoms with E-state index >= 15 is 0 Å². The van der Waals surface area contributed by atoms with Crippen LogP contribution in [0.15, 0.2) is 47.4 Å². The second-order valence-electron chi connectivity index (χ2n) is 4.80. The molecule has 3 atom stereocenters. The summed E-state index contributed by atoms with van der Waals surface area (Å²) >= 11 is 0. The van der Waals surface area contributed by atoms with E-state index in [4.69, 9.17) is 0 Å². The van der Waals surface area contributed by atoms with Crippen LogP contribution in [0.4, 0.5) is 4.39 Å². The molecule has 0 saturated heterocycles. The van der Waals surface area contributed by atoms with E-state index in [1.165, 1.54) is 12.1 Å². The fraction of sp³-hybridized carbons (Fsp3) is 0.385. The Hall–Kier alpha value is -1.16. The maximum Gasteiger partial charge on any atom is 0.190 e. The van der Waals surface area contributed by atoms with Crippen molar-refractivity contribution < 1.29 is 12.8 Å². The molecule has 3 rings (SSSR count). The molecule has 1 aromatic carbocycles. The molecule has 1 fully saturated rings. The van der Waals surface area contributed by atoms with Gasteiger partial charge in [0, 0.05) is 0 Å². The number of hydrogen-bond acceptors (Lipinski definition) is 2. The molecular formula is C13H13FO2S. The van der Waals surface area contributed by atoms with Crippen LogP contribution in [0.25, 0.3) is 0 Å². The van der Waals surface area contributed by atoms with Crippen molar-refractivity contribution in [3.63, 3.8) is 0 Å². The first-order valence-corrected chi connectivity index (χ1v) is 7.18. The molecule has 17 heavy (non-hydrogen) atoms. The first kappa shape index (κ1) is 11.0. The van der Waals surface area contributed by atoms with Gasteiger partial charge < -0.3 is 0 Å². The first-order chi connectivity index (χ1) is 8.06. The van der Waals surface area contributed by atoms with Gasteiger partial charge in [0.15, 0.2) is 9.84 Å². The van der Waals surface area contributed by atoms with Crippen molar-refractivity contribution in [2.45, 2.75) is 28.7 Å². The van der Waals surface area contributed by atoms with Crippen molar-refractivity contribution in [3.05, 3.63) is 42.5 Å². The highest BCUT2D eigenvalue weighted by Crippen LogP contribution is 2.51. The van der Waals surface area contributed by atoms with Crippen LogP contribution in [0.5, 0.6) is 0 Å². The van der Waals surface area contributed by atoms with E-state index in [0.29, 0.717) is 12.8 Å². The number of hydrogen-bond donors (Lipinski definition) is 0. The average molecular weight is 252 g/mol. The summed E-state index contributed by atoms with van der Waals surface area (Å²) in [4.78, 5) is 0.217. The van der Waals surface area contributed by atoms with Gasteiger partial charge in [0.25, 0.3) is 0 Å². The molecule has 0 aromatic heterocycles. The predicted molar refractivity (Wildman–Crippen MR) is 63.1 cm³/mol. The standard InChI is InChI=1S/C13H13FO2S/c14-12-8-10-6-7-13(12,9-10)17(15,16)11-4-2-1-3-5-11/h1-7,10,12H,8-9H2/t10-,12-,13+/m0/s1. The van der Waals surface area contributed by atoms with Gasteiger partial charge in [0.05, 0.1) is 4.90 Å². The Balaban J connectivity index is 2.14. The summed E-state index contributed by atoms with van der Waals surface area (Å²) in [5, 5.41) is 0. The van der Waals surface area contributed by atoms with Crippen molar-refractivity contribution >= 4 is 9.84 Å². The van der Waals surface area contributed by atoms with E-state index in [9.17, 15) is 12.8 Å². The smallest absolute Gasteiger partial charge is 0.190 e. The van der Waals surface area contributed by atoms with Crippen molar-refractivity contribution in [1.82, 2.24) is 0 Å². The summed E-state index contributed by atoms with van der Waals surface area (Å²) in [7, 11) is -3.62. The minimum atomic E-state index is -3.62. The second-order valence-corrected chi connectivity index (χ2v) is 7.04. The molecular weight excluding hydrogens is 239 g/mol. The van der Waals surface area contributed by atoms with E-state index in [1.54, 1.807) is 24.3 Å². The third kappa shape index (κ3) is 1.33. The third-order valence-corrected chi connectivity index (χ3v) is 6.28. The zero-order chi connectivity index (χ0) is 12.1. The SMILES string of the molecule is O=S(=O)(c1ccccc1)[C@@]12C=C[C@@H](C[C@@H]1F)C2. The third-order valence-electron chi connectivity index (χ3n) is 3.83. The van der Waals surface area contributed by atoms with E-state index < -0.39 is 20.8 Å². The van der Waals surface area contributed by atoms with E-state index in [-0.39, 0.29) is 10.8 Å². The highest BCUT2D eigenvalue weighted by molar-refractivity contribution is 7.93. The summed E-state index contributed by atoms with van der Waals surface area (Å²) in [6, 6.07) is 8.17. The van der Waals surface area contributed by atoms with Crippen LogP contribution in [0.3, 0.4) is 0 Å². The Bertz CT molecular complexity index is 564. The predicted octanol–water partition coefficient (Wildman–Crippen LogP) is 2.52. The zero-order valence-electron chi connectivity index (χ0n) is 9.21. The minimum Gasteiger partial charge on any atom is -0.245 e. The molecule has 4 heteroatoms. The molecule has 0 spiro atoms. The lowest BCUT2D eigenvalue weighted by atomic mass is 10.1. The largest absolute Gasteiger partial charge is 0.245 e. The number of sulfone groups is 1. The van der Waals surface area contributed by atoms with Crippen LogP contribution in [-0.4, -0.2) is 19.3 Å². The highest BCUT2D eigenvalue weighted by atomic mass is 32.2. The van der Waals surface area contributed by atoms with Crippen molar-refractivity contribution in [1.29, 1.82) is 0 Å². The number of benzene rings is 1. The van der Waals surface area contributed by atoms with Gasteiger partial charge in [0.2, 0.25) is 0 Å². The Morgan fingerprint density at radius 3 is 2.47 bits per heavy atom. The van der Waals surface area contributed by atoms with Gasteiger partial charge in [-0.25, -0.2) is 12.8 Å². The van der Waals surface area contributed by atoms with E-state index in [2.05, 4.69) is 0 Å². The van der Waals surface area contributed by atoms with Crippen molar-refractivity contribution in [2.75, 3.05) is 0 Å². The normalized spacial score (nSPS) is 35.4.